The van der Waals surface area contributed by atoms with E-state index in [0.29, 0.717) is 5.92 Å². The van der Waals surface area contributed by atoms with E-state index in [2.05, 4.69) is 403 Å². The summed E-state index contributed by atoms with van der Waals surface area (Å²) in [5.74, 6) is 1.56. The Bertz CT molecular complexity index is 7990. The van der Waals surface area contributed by atoms with Gasteiger partial charge in [0.05, 0.1) is 22.3 Å². The summed E-state index contributed by atoms with van der Waals surface area (Å²) < 4.78 is 35.0. The SMILES string of the molecule is Cc1c(-c2cc(-c3ccccc3)cc[n+]2C)ccc2c1oc1c3ccccc3ccc21.Cc1c(-c2cc(C3CCCC3)cc[n+]2C)ccc2c1oc1c3ccccc3ccc21.Cc1c(-c2cc(CC3CCCCC3)cc[n+]2C)ccc2c1oc1c3ccccc3ccc21.Cc1c[n+](C)c(-c2ccc3c(oc4c5ccccc5ccc34)c2C)cc1-c1ccccc1. The molecule has 0 aliphatic heterocycles. The highest BCUT2D eigenvalue weighted by molar-refractivity contribution is 6.20. The number of fused-ring (bicyclic) bond motifs is 20. The third-order valence-corrected chi connectivity index (χ3v) is 27.5. The van der Waals surface area contributed by atoms with Crippen LogP contribution in [-0.4, -0.2) is 0 Å². The molecule has 22 aromatic rings. The number of benzene rings is 14. The van der Waals surface area contributed by atoms with Crippen molar-refractivity contribution in [3.63, 3.8) is 0 Å². The number of aryl methyl sites for hydroxylation is 9. The van der Waals surface area contributed by atoms with Crippen LogP contribution in [0.25, 0.3) is 198 Å². The lowest BCUT2D eigenvalue weighted by Gasteiger charge is -2.21. The van der Waals surface area contributed by atoms with Gasteiger partial charge in [-0.1, -0.05) is 227 Å². The molecule has 0 amide bonds. The molecule has 8 heteroatoms. The van der Waals surface area contributed by atoms with Crippen LogP contribution in [0.1, 0.15) is 103 Å². The van der Waals surface area contributed by atoms with E-state index in [1.54, 1.807) is 0 Å². The molecule has 0 bridgehead atoms. The number of hydrogen-bond donors (Lipinski definition) is 0. The highest BCUT2D eigenvalue weighted by atomic mass is 16.3. The maximum absolute atomic E-state index is 6.54. The Labute approximate surface area is 729 Å². The molecule has 2 aliphatic carbocycles. The first-order valence-corrected chi connectivity index (χ1v) is 44.7. The molecule has 8 heterocycles. The average molecular weight is 1630 g/mol. The van der Waals surface area contributed by atoms with Crippen molar-refractivity contribution in [2.45, 2.75) is 105 Å². The minimum atomic E-state index is 0.714. The molecule has 0 unspecified atom stereocenters. The molecule has 125 heavy (non-hydrogen) atoms. The molecule has 2 aliphatic rings. The Morgan fingerprint density at radius 2 is 0.592 bits per heavy atom. The number of hydrogen-bond acceptors (Lipinski definition) is 4. The Morgan fingerprint density at radius 3 is 1.02 bits per heavy atom. The lowest BCUT2D eigenvalue weighted by Crippen LogP contribution is -2.31. The molecule has 8 nitrogen and oxygen atoms in total. The standard InChI is InChI=1S/C30H24NO.C30H30NO.C29H22NO.C28H26NO/c1-19-18-31(3)28(17-27(19)21-9-5-4-6-10-21)23-15-16-25-26-14-13-22-11-7-8-12-24(22)30(26)32-29(25)20(23)2;1-20-24(28-19-22(16-17-31(28)2)18-21-8-4-3-5-9-21)14-15-26-27-13-12-23-10-6-7-11-25(23)30(27)32-29(20)26;1-19-23(27-18-22(16-17-30(27)2)20-8-4-3-5-9-20)14-15-25-26-13-12-21-10-6-7-11-24(21)29(26)31-28(19)25;1-18-22(26-17-21(15-16-29(26)2)19-7-3-4-8-19)13-14-24-25-12-11-20-9-5-6-10-23(20)28(25)30-27(18)24/h4-18H,1-3H3;6-7,10-17,19,21H,3-5,8-9,18H2,1-2H3;3-18H,1-2H3;5-6,9-17,19H,3-4,7-8H2,1-2H3/q4*+1. The van der Waals surface area contributed by atoms with Gasteiger partial charge in [-0.2, -0.15) is 0 Å². The van der Waals surface area contributed by atoms with Gasteiger partial charge in [0, 0.05) is 135 Å². The predicted octanol–water partition coefficient (Wildman–Crippen LogP) is 29.6. The second kappa shape index (κ2) is 32.6. The number of pyridine rings is 4. The van der Waals surface area contributed by atoms with Crippen molar-refractivity contribution in [1.82, 2.24) is 0 Å². The van der Waals surface area contributed by atoms with Gasteiger partial charge in [-0.15, -0.1) is 0 Å². The van der Waals surface area contributed by atoms with E-state index < -0.39 is 0 Å². The van der Waals surface area contributed by atoms with Gasteiger partial charge >= 0.3 is 0 Å². The van der Waals surface area contributed by atoms with Crippen LogP contribution in [0.15, 0.2) is 340 Å². The van der Waals surface area contributed by atoms with Crippen molar-refractivity contribution in [2.24, 2.45) is 34.1 Å². The molecular weight excluding hydrogens is 1530 g/mol. The van der Waals surface area contributed by atoms with E-state index >= 15 is 0 Å². The first kappa shape index (κ1) is 78.2. The Morgan fingerprint density at radius 1 is 0.256 bits per heavy atom. The second-order valence-electron chi connectivity index (χ2n) is 35.2. The molecule has 0 spiro atoms. The number of aromatic nitrogens is 4. The summed E-state index contributed by atoms with van der Waals surface area (Å²) in [6.07, 6.45) is 22.3. The van der Waals surface area contributed by atoms with Crippen molar-refractivity contribution in [1.29, 1.82) is 0 Å². The summed E-state index contributed by atoms with van der Waals surface area (Å²) >= 11 is 0. The highest BCUT2D eigenvalue weighted by Crippen LogP contribution is 2.46. The van der Waals surface area contributed by atoms with Crippen LogP contribution in [0.2, 0.25) is 0 Å². The summed E-state index contributed by atoms with van der Waals surface area (Å²) in [6, 6.07) is 106. The van der Waals surface area contributed by atoms with Gasteiger partial charge in [-0.3, -0.25) is 0 Å². The minimum absolute atomic E-state index is 0.714. The van der Waals surface area contributed by atoms with Crippen molar-refractivity contribution >= 4 is 131 Å². The van der Waals surface area contributed by atoms with Crippen LogP contribution in [0.3, 0.4) is 0 Å². The minimum Gasteiger partial charge on any atom is -0.455 e. The summed E-state index contributed by atoms with van der Waals surface area (Å²) in [5, 5.41) is 19.0. The van der Waals surface area contributed by atoms with E-state index in [-0.39, 0.29) is 0 Å². The van der Waals surface area contributed by atoms with E-state index in [1.807, 2.05) is 0 Å². The van der Waals surface area contributed by atoms with E-state index in [0.717, 1.165) is 61.4 Å². The van der Waals surface area contributed by atoms with Gasteiger partial charge in [0.1, 0.15) is 72.9 Å². The molecule has 0 radical (unpaired) electrons. The summed E-state index contributed by atoms with van der Waals surface area (Å²) in [5.41, 5.74) is 31.6. The number of rotatable bonds is 9. The largest absolute Gasteiger partial charge is 0.455 e. The van der Waals surface area contributed by atoms with Crippen molar-refractivity contribution in [2.75, 3.05) is 0 Å². The maximum Gasteiger partial charge on any atom is 0.213 e. The van der Waals surface area contributed by atoms with Gasteiger partial charge in [0.15, 0.2) is 24.8 Å². The van der Waals surface area contributed by atoms with Crippen LogP contribution in [0.5, 0.6) is 0 Å². The zero-order valence-corrected chi connectivity index (χ0v) is 72.7. The molecule has 2 fully saturated rings. The predicted molar refractivity (Wildman–Crippen MR) is 517 cm³/mol. The van der Waals surface area contributed by atoms with Gasteiger partial charge < -0.3 is 17.7 Å². The molecule has 0 atom stereocenters. The molecular formula is C117H102N4O4+4. The Balaban J connectivity index is 0.000000102. The van der Waals surface area contributed by atoms with E-state index in [1.165, 1.54) is 246 Å². The zero-order valence-electron chi connectivity index (χ0n) is 72.7. The highest BCUT2D eigenvalue weighted by Gasteiger charge is 2.28. The van der Waals surface area contributed by atoms with Crippen molar-refractivity contribution in [3.05, 3.63) is 361 Å². The topological polar surface area (TPSA) is 68.1 Å². The third-order valence-electron chi connectivity index (χ3n) is 27.5. The fourth-order valence-electron chi connectivity index (χ4n) is 20.6. The quantitative estimate of drug-likeness (QED) is 0.135. The Hall–Kier alpha value is -14.1. The van der Waals surface area contributed by atoms with Gasteiger partial charge in [-0.05, 0) is 193 Å². The average Bonchev–Trinajstić information content (AvgIpc) is 1.60. The molecule has 14 aromatic carbocycles. The van der Waals surface area contributed by atoms with E-state index in [9.17, 15) is 0 Å². The van der Waals surface area contributed by atoms with Gasteiger partial charge in [0.2, 0.25) is 22.8 Å². The molecule has 610 valence electrons. The first-order valence-electron chi connectivity index (χ1n) is 44.7. The molecule has 2 saturated carbocycles. The summed E-state index contributed by atoms with van der Waals surface area (Å²) in [6.45, 7) is 10.9. The van der Waals surface area contributed by atoms with Crippen LogP contribution < -0.4 is 18.3 Å². The van der Waals surface area contributed by atoms with Crippen molar-refractivity contribution < 1.29 is 35.9 Å². The van der Waals surface area contributed by atoms with Crippen molar-refractivity contribution in [3.8, 4) is 67.3 Å². The summed E-state index contributed by atoms with van der Waals surface area (Å²) in [4.78, 5) is 0. The number of furan rings is 4. The zero-order chi connectivity index (χ0) is 84.7. The lowest BCUT2D eigenvalue weighted by atomic mass is 9.85. The fourth-order valence-corrected chi connectivity index (χ4v) is 20.6. The second-order valence-corrected chi connectivity index (χ2v) is 35.2. The molecule has 8 aromatic heterocycles. The van der Waals surface area contributed by atoms with E-state index in [4.69, 9.17) is 17.7 Å². The smallest absolute Gasteiger partial charge is 0.213 e. The molecule has 0 N–H and O–H groups in total. The fraction of sp³-hybridized carbons (Fsp3) is 0.179. The monoisotopic (exact) mass is 1630 g/mol. The van der Waals surface area contributed by atoms with Crippen LogP contribution in [0.4, 0.5) is 0 Å². The first-order chi connectivity index (χ1) is 61.2. The van der Waals surface area contributed by atoms with Crippen LogP contribution >= 0.6 is 0 Å². The van der Waals surface area contributed by atoms with Gasteiger partial charge in [0.25, 0.3) is 0 Å². The van der Waals surface area contributed by atoms with Crippen LogP contribution in [-0.2, 0) is 34.6 Å². The summed E-state index contributed by atoms with van der Waals surface area (Å²) in [7, 11) is 8.51. The molecule has 0 saturated heterocycles. The lowest BCUT2D eigenvalue weighted by molar-refractivity contribution is -0.660. The number of nitrogens with zero attached hydrogens (tertiary/aromatic N) is 4. The third kappa shape index (κ3) is 14.2. The normalized spacial score (nSPS) is 13.3. The molecule has 24 rings (SSSR count). The Kier molecular flexibility index (Phi) is 20.4. The van der Waals surface area contributed by atoms with Crippen LogP contribution in [0, 0.1) is 40.5 Å². The maximum atomic E-state index is 6.54. The van der Waals surface area contributed by atoms with Gasteiger partial charge in [-0.25, -0.2) is 18.3 Å².